The summed E-state index contributed by atoms with van der Waals surface area (Å²) in [5, 5.41) is 0.890. The van der Waals surface area contributed by atoms with Crippen molar-refractivity contribution in [1.82, 2.24) is 19.8 Å². The number of aromatic amines is 1. The lowest BCUT2D eigenvalue weighted by molar-refractivity contribution is 0.0587. The van der Waals surface area contributed by atoms with Gasteiger partial charge in [0, 0.05) is 49.3 Å². The third kappa shape index (κ3) is 4.24. The topological polar surface area (TPSA) is 52.2 Å². The van der Waals surface area contributed by atoms with Crippen molar-refractivity contribution >= 4 is 40.5 Å². The molecule has 30 heavy (non-hydrogen) atoms. The maximum absolute atomic E-state index is 13.3. The molecule has 0 spiro atoms. The second-order valence-corrected chi connectivity index (χ2v) is 9.96. The maximum Gasteiger partial charge on any atom is 0.254 e. The molecule has 1 atom stereocenters. The highest BCUT2D eigenvalue weighted by atomic mass is 32.2. The van der Waals surface area contributed by atoms with Crippen LogP contribution in [0.1, 0.15) is 22.3 Å². The molecule has 0 unspecified atom stereocenters. The Kier molecular flexibility index (Phi) is 6.02. The van der Waals surface area contributed by atoms with Crippen molar-refractivity contribution in [1.29, 1.82) is 0 Å². The predicted octanol–water partition coefficient (Wildman–Crippen LogP) is 4.12. The number of fused-ring (bicyclic) bond motifs is 1. The van der Waals surface area contributed by atoms with Crippen molar-refractivity contribution in [2.45, 2.75) is 23.4 Å². The number of carbonyl (C=O) groups is 1. The van der Waals surface area contributed by atoms with Crippen molar-refractivity contribution in [2.75, 3.05) is 37.7 Å². The first-order valence-electron chi connectivity index (χ1n) is 10.5. The first-order valence-corrected chi connectivity index (χ1v) is 12.7. The first kappa shape index (κ1) is 20.0. The van der Waals surface area contributed by atoms with Crippen LogP contribution in [0.3, 0.4) is 0 Å². The number of rotatable bonds is 5. The highest BCUT2D eigenvalue weighted by Crippen LogP contribution is 2.26. The van der Waals surface area contributed by atoms with E-state index in [9.17, 15) is 4.79 Å². The second-order valence-electron chi connectivity index (χ2n) is 7.85. The number of H-pyrrole nitrogens is 1. The van der Waals surface area contributed by atoms with Crippen LogP contribution in [0.4, 0.5) is 0 Å². The smallest absolute Gasteiger partial charge is 0.254 e. The number of thioether (sulfide) groups is 2. The van der Waals surface area contributed by atoms with Crippen molar-refractivity contribution in [3.8, 4) is 0 Å². The molecule has 5 nitrogen and oxygen atoms in total. The molecule has 1 aromatic heterocycles. The quantitative estimate of drug-likeness (QED) is 0.608. The minimum atomic E-state index is 0.163. The number of carbonyl (C=O) groups excluding carboxylic acids is 1. The molecule has 2 aliphatic rings. The number of para-hydroxylation sites is 2. The molecule has 5 rings (SSSR count). The molecule has 0 bridgehead atoms. The lowest BCUT2D eigenvalue weighted by atomic mass is 10.1. The van der Waals surface area contributed by atoms with Crippen LogP contribution in [-0.4, -0.2) is 69.4 Å². The van der Waals surface area contributed by atoms with Gasteiger partial charge in [0.15, 0.2) is 5.16 Å². The Bertz CT molecular complexity index is 990. The van der Waals surface area contributed by atoms with E-state index in [1.165, 1.54) is 17.9 Å². The zero-order valence-electron chi connectivity index (χ0n) is 16.9. The van der Waals surface area contributed by atoms with Gasteiger partial charge >= 0.3 is 0 Å². The van der Waals surface area contributed by atoms with E-state index in [4.69, 9.17) is 0 Å². The van der Waals surface area contributed by atoms with Gasteiger partial charge in [0.25, 0.3) is 5.91 Å². The minimum Gasteiger partial charge on any atom is -0.336 e. The van der Waals surface area contributed by atoms with E-state index in [-0.39, 0.29) is 5.91 Å². The molecule has 156 valence electrons. The summed E-state index contributed by atoms with van der Waals surface area (Å²) < 4.78 is 0. The van der Waals surface area contributed by atoms with Crippen LogP contribution in [-0.2, 0) is 5.75 Å². The van der Waals surface area contributed by atoms with Crippen LogP contribution in [0.15, 0.2) is 53.7 Å². The Morgan fingerprint density at radius 2 is 1.90 bits per heavy atom. The van der Waals surface area contributed by atoms with Gasteiger partial charge in [-0.1, -0.05) is 42.1 Å². The van der Waals surface area contributed by atoms with E-state index in [0.29, 0.717) is 6.04 Å². The number of hydrogen-bond donors (Lipinski definition) is 1. The number of nitrogens with one attached hydrogen (secondary N) is 1. The summed E-state index contributed by atoms with van der Waals surface area (Å²) in [5.74, 6) is 3.41. The van der Waals surface area contributed by atoms with E-state index in [1.807, 2.05) is 47.4 Å². The summed E-state index contributed by atoms with van der Waals surface area (Å²) in [6, 6.07) is 16.8. The largest absolute Gasteiger partial charge is 0.336 e. The second kappa shape index (κ2) is 9.04. The van der Waals surface area contributed by atoms with Gasteiger partial charge in [-0.3, -0.25) is 9.69 Å². The van der Waals surface area contributed by atoms with E-state index in [2.05, 4.69) is 32.7 Å². The standard InChI is InChI=1S/C23H26N4OS2/c28-22(27-12-10-26(11-13-27)18-9-14-29-16-18)19-6-2-1-5-17(19)15-30-23-24-20-7-3-4-8-21(20)25-23/h1-8,18H,9-16H2,(H,24,25)/t18-/m1/s1. The molecule has 2 aromatic carbocycles. The number of hydrogen-bond acceptors (Lipinski definition) is 5. The Morgan fingerprint density at radius 1 is 1.10 bits per heavy atom. The van der Waals surface area contributed by atoms with Gasteiger partial charge in [0.2, 0.25) is 0 Å². The maximum atomic E-state index is 13.3. The lowest BCUT2D eigenvalue weighted by Gasteiger charge is -2.38. The molecule has 0 aliphatic carbocycles. The van der Waals surface area contributed by atoms with Crippen LogP contribution in [0.2, 0.25) is 0 Å². The van der Waals surface area contributed by atoms with Crippen LogP contribution in [0, 0.1) is 0 Å². The zero-order chi connectivity index (χ0) is 20.3. The molecule has 2 saturated heterocycles. The Labute approximate surface area is 185 Å². The summed E-state index contributed by atoms with van der Waals surface area (Å²) in [6.07, 6.45) is 1.29. The Hall–Kier alpha value is -1.96. The fourth-order valence-corrected chi connectivity index (χ4v) is 6.41. The molecule has 1 N–H and O–H groups in total. The number of piperazine rings is 1. The number of imidazole rings is 1. The summed E-state index contributed by atoms with van der Waals surface area (Å²) in [6.45, 7) is 3.63. The summed E-state index contributed by atoms with van der Waals surface area (Å²) in [7, 11) is 0. The monoisotopic (exact) mass is 438 g/mol. The highest BCUT2D eigenvalue weighted by Gasteiger charge is 2.29. The third-order valence-electron chi connectivity index (χ3n) is 6.00. The fourth-order valence-electron chi connectivity index (χ4n) is 4.27. The van der Waals surface area contributed by atoms with Gasteiger partial charge in [-0.05, 0) is 35.9 Å². The zero-order valence-corrected chi connectivity index (χ0v) is 18.6. The van der Waals surface area contributed by atoms with Gasteiger partial charge in [-0.15, -0.1) is 0 Å². The molecule has 3 aromatic rings. The summed E-state index contributed by atoms with van der Waals surface area (Å²) in [5.41, 5.74) is 3.92. The van der Waals surface area contributed by atoms with E-state index >= 15 is 0 Å². The number of nitrogens with zero attached hydrogens (tertiary/aromatic N) is 3. The number of amides is 1. The molecule has 1 amide bonds. The average molecular weight is 439 g/mol. The minimum absolute atomic E-state index is 0.163. The number of benzene rings is 2. The van der Waals surface area contributed by atoms with Crippen molar-refractivity contribution in [2.24, 2.45) is 0 Å². The molecule has 2 aliphatic heterocycles. The normalized spacial score (nSPS) is 20.1. The van der Waals surface area contributed by atoms with E-state index < -0.39 is 0 Å². The number of aromatic nitrogens is 2. The van der Waals surface area contributed by atoms with E-state index in [0.717, 1.165) is 59.2 Å². The lowest BCUT2D eigenvalue weighted by Crippen LogP contribution is -2.52. The van der Waals surface area contributed by atoms with Crippen LogP contribution >= 0.6 is 23.5 Å². The fraction of sp³-hybridized carbons (Fsp3) is 0.391. The molecular formula is C23H26N4OS2. The molecule has 0 saturated carbocycles. The average Bonchev–Trinajstić information content (AvgIpc) is 3.47. The van der Waals surface area contributed by atoms with Crippen LogP contribution in [0.25, 0.3) is 11.0 Å². The van der Waals surface area contributed by atoms with Crippen molar-refractivity contribution < 1.29 is 4.79 Å². The Morgan fingerprint density at radius 3 is 2.70 bits per heavy atom. The predicted molar refractivity (Wildman–Crippen MR) is 125 cm³/mol. The Balaban J connectivity index is 1.24. The van der Waals surface area contributed by atoms with Gasteiger partial charge in [0.1, 0.15) is 0 Å². The van der Waals surface area contributed by atoms with Gasteiger partial charge in [0.05, 0.1) is 11.0 Å². The summed E-state index contributed by atoms with van der Waals surface area (Å²) in [4.78, 5) is 25.9. The molecule has 0 radical (unpaired) electrons. The summed E-state index contributed by atoms with van der Waals surface area (Å²) >= 11 is 3.70. The molecule has 7 heteroatoms. The highest BCUT2D eigenvalue weighted by molar-refractivity contribution is 7.99. The van der Waals surface area contributed by atoms with E-state index in [1.54, 1.807) is 11.8 Å². The van der Waals surface area contributed by atoms with Crippen LogP contribution < -0.4 is 0 Å². The molecular weight excluding hydrogens is 412 g/mol. The van der Waals surface area contributed by atoms with Crippen LogP contribution in [0.5, 0.6) is 0 Å². The van der Waals surface area contributed by atoms with Gasteiger partial charge in [-0.2, -0.15) is 11.8 Å². The van der Waals surface area contributed by atoms with Crippen molar-refractivity contribution in [3.05, 3.63) is 59.7 Å². The van der Waals surface area contributed by atoms with Crippen molar-refractivity contribution in [3.63, 3.8) is 0 Å². The van der Waals surface area contributed by atoms with Gasteiger partial charge in [-0.25, -0.2) is 4.98 Å². The van der Waals surface area contributed by atoms with Gasteiger partial charge < -0.3 is 9.88 Å². The third-order valence-corrected chi connectivity index (χ3v) is 8.07. The molecule has 3 heterocycles. The molecule has 2 fully saturated rings. The first-order chi connectivity index (χ1) is 14.8. The SMILES string of the molecule is O=C(c1ccccc1CSc1nc2ccccc2[nH]1)N1CCN([C@@H]2CCSC2)CC1.